The molecule has 0 bridgehead atoms. The van der Waals surface area contributed by atoms with E-state index in [1.807, 2.05) is 12.1 Å². The average Bonchev–Trinajstić information content (AvgIpc) is 2.77. The fourth-order valence-electron chi connectivity index (χ4n) is 1.96. The summed E-state index contributed by atoms with van der Waals surface area (Å²) in [7, 11) is 0. The molecule has 0 saturated carbocycles. The number of hydrogen-bond acceptors (Lipinski definition) is 3. The molecule has 1 aliphatic heterocycles. The monoisotopic (exact) mass is 245 g/mol. The summed E-state index contributed by atoms with van der Waals surface area (Å²) in [5.41, 5.74) is -0.770. The molecule has 82 valence electrons. The van der Waals surface area contributed by atoms with Gasteiger partial charge in [-0.25, -0.2) is 0 Å². The van der Waals surface area contributed by atoms with Gasteiger partial charge in [0.1, 0.15) is 5.54 Å². The van der Waals surface area contributed by atoms with E-state index in [1.54, 1.807) is 0 Å². The summed E-state index contributed by atoms with van der Waals surface area (Å²) in [5, 5.41) is 12.3. The predicted molar refractivity (Wildman–Crippen MR) is 60.6 cm³/mol. The number of aliphatic carboxylic acids is 1. The lowest BCUT2D eigenvalue weighted by atomic mass is 9.93. The van der Waals surface area contributed by atoms with Gasteiger partial charge in [0.25, 0.3) is 0 Å². The van der Waals surface area contributed by atoms with Crippen molar-refractivity contribution in [2.45, 2.75) is 24.8 Å². The largest absolute Gasteiger partial charge is 0.480 e. The van der Waals surface area contributed by atoms with E-state index in [1.165, 1.54) is 11.3 Å². The molecule has 1 aromatic heterocycles. The van der Waals surface area contributed by atoms with Crippen LogP contribution >= 0.6 is 22.9 Å². The van der Waals surface area contributed by atoms with Gasteiger partial charge < -0.3 is 10.4 Å². The second-order valence-corrected chi connectivity index (χ2v) is 5.60. The molecule has 5 heteroatoms. The van der Waals surface area contributed by atoms with E-state index in [2.05, 4.69) is 5.32 Å². The summed E-state index contributed by atoms with van der Waals surface area (Å²) >= 11 is 7.27. The van der Waals surface area contributed by atoms with Gasteiger partial charge in [-0.05, 0) is 31.5 Å². The Hall–Kier alpha value is -0.580. The second kappa shape index (κ2) is 4.12. The maximum absolute atomic E-state index is 11.2. The van der Waals surface area contributed by atoms with Crippen LogP contribution < -0.4 is 5.32 Å². The van der Waals surface area contributed by atoms with Crippen LogP contribution in [0.4, 0.5) is 0 Å². The Labute approximate surface area is 97.1 Å². The van der Waals surface area contributed by atoms with E-state index < -0.39 is 11.5 Å². The molecule has 1 atom stereocenters. The first-order chi connectivity index (χ1) is 7.12. The highest BCUT2D eigenvalue weighted by atomic mass is 35.5. The maximum Gasteiger partial charge on any atom is 0.324 e. The third kappa shape index (κ3) is 2.17. The topological polar surface area (TPSA) is 49.3 Å². The Morgan fingerprint density at radius 3 is 2.93 bits per heavy atom. The normalized spacial score (nSPS) is 25.7. The van der Waals surface area contributed by atoms with Gasteiger partial charge in [-0.2, -0.15) is 0 Å². The summed E-state index contributed by atoms with van der Waals surface area (Å²) in [5.74, 6) is -0.760. The summed E-state index contributed by atoms with van der Waals surface area (Å²) in [4.78, 5) is 12.3. The molecule has 1 fully saturated rings. The zero-order valence-corrected chi connectivity index (χ0v) is 9.70. The zero-order valence-electron chi connectivity index (χ0n) is 8.12. The number of carboxylic acid groups (broad SMARTS) is 1. The lowest BCUT2D eigenvalue weighted by Gasteiger charge is -2.23. The Balaban J connectivity index is 2.17. The summed E-state index contributed by atoms with van der Waals surface area (Å²) in [6.07, 6.45) is 2.14. The van der Waals surface area contributed by atoms with E-state index in [4.69, 9.17) is 11.6 Å². The second-order valence-electron chi connectivity index (χ2n) is 3.80. The van der Waals surface area contributed by atoms with Crippen LogP contribution in [0.2, 0.25) is 4.34 Å². The lowest BCUT2D eigenvalue weighted by Crippen LogP contribution is -2.49. The van der Waals surface area contributed by atoms with Crippen LogP contribution in [-0.4, -0.2) is 23.2 Å². The van der Waals surface area contributed by atoms with Crippen LogP contribution in [0.3, 0.4) is 0 Å². The van der Waals surface area contributed by atoms with Crippen molar-refractivity contribution in [3.05, 3.63) is 21.3 Å². The molecule has 1 saturated heterocycles. The van der Waals surface area contributed by atoms with Crippen molar-refractivity contribution >= 4 is 28.9 Å². The number of nitrogens with one attached hydrogen (secondary N) is 1. The number of carboxylic acids is 1. The van der Waals surface area contributed by atoms with Crippen molar-refractivity contribution in [1.29, 1.82) is 0 Å². The fraction of sp³-hybridized carbons (Fsp3) is 0.500. The molecule has 0 aliphatic carbocycles. The Kier molecular flexibility index (Phi) is 3.00. The molecule has 0 radical (unpaired) electrons. The third-order valence-electron chi connectivity index (χ3n) is 2.76. The van der Waals surface area contributed by atoms with Crippen LogP contribution in [-0.2, 0) is 11.2 Å². The van der Waals surface area contributed by atoms with Gasteiger partial charge in [0.15, 0.2) is 0 Å². The smallest absolute Gasteiger partial charge is 0.324 e. The molecule has 0 aromatic carbocycles. The minimum Gasteiger partial charge on any atom is -0.480 e. The molecular weight excluding hydrogens is 234 g/mol. The van der Waals surface area contributed by atoms with Crippen molar-refractivity contribution in [3.8, 4) is 0 Å². The molecular formula is C10H12ClNO2S. The maximum atomic E-state index is 11.2. The quantitative estimate of drug-likeness (QED) is 0.858. The van der Waals surface area contributed by atoms with E-state index in [-0.39, 0.29) is 0 Å². The van der Waals surface area contributed by atoms with Gasteiger partial charge in [-0.15, -0.1) is 11.3 Å². The van der Waals surface area contributed by atoms with Crippen LogP contribution in [0.15, 0.2) is 12.1 Å². The van der Waals surface area contributed by atoms with Gasteiger partial charge in [0, 0.05) is 11.3 Å². The molecule has 2 heterocycles. The fourth-order valence-corrected chi connectivity index (χ4v) is 3.16. The minimum absolute atomic E-state index is 0.527. The van der Waals surface area contributed by atoms with Crippen molar-refractivity contribution < 1.29 is 9.90 Å². The molecule has 1 aromatic rings. The highest BCUT2D eigenvalue weighted by Crippen LogP contribution is 2.29. The predicted octanol–water partition coefficient (Wildman–Crippen LogP) is 2.15. The van der Waals surface area contributed by atoms with E-state index in [0.717, 1.165) is 17.8 Å². The van der Waals surface area contributed by atoms with Gasteiger partial charge in [0.2, 0.25) is 0 Å². The van der Waals surface area contributed by atoms with Crippen LogP contribution in [0.25, 0.3) is 0 Å². The third-order valence-corrected chi connectivity index (χ3v) is 3.99. The van der Waals surface area contributed by atoms with Crippen molar-refractivity contribution in [3.63, 3.8) is 0 Å². The van der Waals surface area contributed by atoms with Crippen LogP contribution in [0, 0.1) is 0 Å². The van der Waals surface area contributed by atoms with Crippen LogP contribution in [0.1, 0.15) is 17.7 Å². The first kappa shape index (κ1) is 10.9. The van der Waals surface area contributed by atoms with Crippen molar-refractivity contribution in [2.75, 3.05) is 6.54 Å². The van der Waals surface area contributed by atoms with Gasteiger partial charge >= 0.3 is 5.97 Å². The molecule has 3 nitrogen and oxygen atoms in total. The molecule has 0 spiro atoms. The van der Waals surface area contributed by atoms with E-state index in [9.17, 15) is 9.90 Å². The van der Waals surface area contributed by atoms with Gasteiger partial charge in [0.05, 0.1) is 4.34 Å². The molecule has 1 aliphatic rings. The van der Waals surface area contributed by atoms with Gasteiger partial charge in [-0.1, -0.05) is 11.6 Å². The van der Waals surface area contributed by atoms with Crippen molar-refractivity contribution in [2.24, 2.45) is 0 Å². The number of halogens is 1. The highest BCUT2D eigenvalue weighted by molar-refractivity contribution is 7.16. The van der Waals surface area contributed by atoms with Gasteiger partial charge in [-0.3, -0.25) is 4.79 Å². The van der Waals surface area contributed by atoms with Crippen molar-refractivity contribution in [1.82, 2.24) is 5.32 Å². The number of rotatable bonds is 3. The standard InChI is InChI=1S/C10H12ClNO2S/c11-8-3-2-7(15-8)6-10(9(13)14)4-1-5-12-10/h2-3,12H,1,4-6H2,(H,13,14). The zero-order chi connectivity index (χ0) is 10.9. The SMILES string of the molecule is O=C(O)C1(Cc2ccc(Cl)s2)CCCN1. The minimum atomic E-state index is -0.770. The number of carbonyl (C=O) groups is 1. The Bertz CT molecular complexity index is 371. The summed E-state index contributed by atoms with van der Waals surface area (Å²) in [6, 6.07) is 3.71. The molecule has 15 heavy (non-hydrogen) atoms. The summed E-state index contributed by atoms with van der Waals surface area (Å²) in [6.45, 7) is 0.783. The molecule has 2 N–H and O–H groups in total. The highest BCUT2D eigenvalue weighted by Gasteiger charge is 2.41. The van der Waals surface area contributed by atoms with E-state index >= 15 is 0 Å². The molecule has 0 amide bonds. The number of thiophene rings is 1. The Morgan fingerprint density at radius 2 is 2.47 bits per heavy atom. The lowest BCUT2D eigenvalue weighted by molar-refractivity contribution is -0.144. The molecule has 2 rings (SSSR count). The van der Waals surface area contributed by atoms with E-state index in [0.29, 0.717) is 17.2 Å². The molecule has 1 unspecified atom stereocenters. The first-order valence-corrected chi connectivity index (χ1v) is 6.04. The van der Waals surface area contributed by atoms with Crippen LogP contribution in [0.5, 0.6) is 0 Å². The number of hydrogen-bond donors (Lipinski definition) is 2. The summed E-state index contributed by atoms with van der Waals surface area (Å²) < 4.78 is 0.712. The average molecular weight is 246 g/mol. The Morgan fingerprint density at radius 1 is 1.67 bits per heavy atom. The first-order valence-electron chi connectivity index (χ1n) is 4.85.